The molecule has 7 heteroatoms. The number of urea groups is 1. The van der Waals surface area contributed by atoms with Gasteiger partial charge < -0.3 is 15.3 Å². The van der Waals surface area contributed by atoms with E-state index in [1.54, 1.807) is 18.2 Å². The zero-order valence-electron chi connectivity index (χ0n) is 11.1. The fraction of sp³-hybridized carbons (Fsp3) is 0.154. The summed E-state index contributed by atoms with van der Waals surface area (Å²) in [5.74, 6) is -2.08. The molecule has 7 nitrogen and oxygen atoms in total. The smallest absolute Gasteiger partial charge is 0.328 e. The molecule has 0 spiro atoms. The van der Waals surface area contributed by atoms with Gasteiger partial charge in [0.25, 0.3) is 5.91 Å². The molecule has 0 aliphatic rings. The van der Waals surface area contributed by atoms with Crippen LogP contribution in [-0.4, -0.2) is 37.1 Å². The molecule has 3 N–H and O–H groups in total. The van der Waals surface area contributed by atoms with Crippen molar-refractivity contribution in [2.45, 2.75) is 0 Å². The second kappa shape index (κ2) is 6.93. The summed E-state index contributed by atoms with van der Waals surface area (Å²) in [5.41, 5.74) is 1.41. The Morgan fingerprint density at radius 3 is 2.50 bits per heavy atom. The Morgan fingerprint density at radius 1 is 1.20 bits per heavy atom. The van der Waals surface area contributed by atoms with Crippen LogP contribution < -0.4 is 15.5 Å². The average molecular weight is 277 g/mol. The van der Waals surface area contributed by atoms with Crippen LogP contribution in [-0.2, 0) is 9.59 Å². The summed E-state index contributed by atoms with van der Waals surface area (Å²) in [6.07, 6.45) is 1.41. The van der Waals surface area contributed by atoms with E-state index in [0.717, 1.165) is 11.8 Å². The highest BCUT2D eigenvalue weighted by Crippen LogP contribution is 2.16. The standard InChI is InChI=1S/C13H15N3O4/c1-16(2)10-5-3-4-9(8-10)14-13(20)15-11(17)6-7-12(18)19/h3-8H,1-2H3,(H,18,19)(H2,14,15,17,20)/b7-6+. The molecule has 0 atom stereocenters. The molecule has 0 heterocycles. The van der Waals surface area contributed by atoms with E-state index in [1.807, 2.05) is 30.4 Å². The number of imide groups is 1. The van der Waals surface area contributed by atoms with Gasteiger partial charge in [-0.15, -0.1) is 0 Å². The maximum Gasteiger partial charge on any atom is 0.328 e. The SMILES string of the molecule is CN(C)c1cccc(NC(=O)NC(=O)/C=C/C(=O)O)c1. The first-order valence-electron chi connectivity index (χ1n) is 5.69. The molecule has 0 saturated heterocycles. The molecule has 20 heavy (non-hydrogen) atoms. The van der Waals surface area contributed by atoms with E-state index in [1.165, 1.54) is 0 Å². The van der Waals surface area contributed by atoms with Crippen LogP contribution >= 0.6 is 0 Å². The van der Waals surface area contributed by atoms with Crippen LogP contribution in [0, 0.1) is 0 Å². The lowest BCUT2D eigenvalue weighted by molar-refractivity contribution is -0.131. The number of carbonyl (C=O) groups excluding carboxylic acids is 2. The fourth-order valence-corrected chi connectivity index (χ4v) is 1.32. The molecule has 1 rings (SSSR count). The zero-order valence-corrected chi connectivity index (χ0v) is 11.1. The lowest BCUT2D eigenvalue weighted by atomic mass is 10.2. The molecule has 0 unspecified atom stereocenters. The van der Waals surface area contributed by atoms with Gasteiger partial charge >= 0.3 is 12.0 Å². The van der Waals surface area contributed by atoms with Crippen molar-refractivity contribution >= 4 is 29.3 Å². The number of hydrogen-bond acceptors (Lipinski definition) is 4. The van der Waals surface area contributed by atoms with Crippen LogP contribution in [0.2, 0.25) is 0 Å². The largest absolute Gasteiger partial charge is 0.478 e. The van der Waals surface area contributed by atoms with E-state index in [0.29, 0.717) is 11.8 Å². The molecular weight excluding hydrogens is 262 g/mol. The highest BCUT2D eigenvalue weighted by atomic mass is 16.4. The van der Waals surface area contributed by atoms with Crippen LogP contribution in [0.1, 0.15) is 0 Å². The van der Waals surface area contributed by atoms with Crippen LogP contribution in [0.25, 0.3) is 0 Å². The Hall–Kier alpha value is -2.83. The fourth-order valence-electron chi connectivity index (χ4n) is 1.32. The van der Waals surface area contributed by atoms with Gasteiger partial charge in [0.2, 0.25) is 0 Å². The molecular formula is C13H15N3O4. The predicted octanol–water partition coefficient (Wildman–Crippen LogP) is 1.04. The van der Waals surface area contributed by atoms with Crippen LogP contribution in [0.5, 0.6) is 0 Å². The second-order valence-corrected chi connectivity index (χ2v) is 4.06. The number of nitrogens with zero attached hydrogens (tertiary/aromatic N) is 1. The second-order valence-electron chi connectivity index (χ2n) is 4.06. The van der Waals surface area contributed by atoms with E-state index in [2.05, 4.69) is 5.32 Å². The molecule has 0 radical (unpaired) electrons. The first-order valence-corrected chi connectivity index (χ1v) is 5.69. The molecule has 0 bridgehead atoms. The number of nitrogens with one attached hydrogen (secondary N) is 2. The Bertz CT molecular complexity index is 552. The van der Waals surface area contributed by atoms with Gasteiger partial charge in [0, 0.05) is 37.6 Å². The number of anilines is 2. The number of carbonyl (C=O) groups is 3. The molecule has 0 saturated carbocycles. The van der Waals surface area contributed by atoms with Crippen molar-refractivity contribution < 1.29 is 19.5 Å². The average Bonchev–Trinajstić information content (AvgIpc) is 2.36. The monoisotopic (exact) mass is 277 g/mol. The van der Waals surface area contributed by atoms with E-state index in [-0.39, 0.29) is 0 Å². The van der Waals surface area contributed by atoms with Gasteiger partial charge in [-0.3, -0.25) is 10.1 Å². The molecule has 1 aromatic rings. The molecule has 0 aliphatic heterocycles. The first kappa shape index (κ1) is 15.2. The van der Waals surface area contributed by atoms with E-state index in [4.69, 9.17) is 5.11 Å². The Morgan fingerprint density at radius 2 is 1.90 bits per heavy atom. The Kier molecular flexibility index (Phi) is 5.28. The maximum atomic E-state index is 11.5. The number of aliphatic carboxylic acids is 1. The third-order valence-corrected chi connectivity index (χ3v) is 2.23. The van der Waals surface area contributed by atoms with E-state index in [9.17, 15) is 14.4 Å². The topological polar surface area (TPSA) is 98.7 Å². The van der Waals surface area contributed by atoms with Gasteiger partial charge in [0.05, 0.1) is 0 Å². The van der Waals surface area contributed by atoms with Gasteiger partial charge in [-0.1, -0.05) is 6.07 Å². The molecule has 0 aliphatic carbocycles. The Balaban J connectivity index is 2.60. The summed E-state index contributed by atoms with van der Waals surface area (Å²) in [6, 6.07) is 6.29. The Labute approximate surface area is 115 Å². The lowest BCUT2D eigenvalue weighted by Gasteiger charge is -2.13. The lowest BCUT2D eigenvalue weighted by Crippen LogP contribution is -2.33. The molecule has 1 aromatic carbocycles. The van der Waals surface area contributed by atoms with Crippen molar-refractivity contribution in [2.75, 3.05) is 24.3 Å². The van der Waals surface area contributed by atoms with Gasteiger partial charge in [-0.25, -0.2) is 9.59 Å². The van der Waals surface area contributed by atoms with E-state index < -0.39 is 17.9 Å². The van der Waals surface area contributed by atoms with Crippen molar-refractivity contribution in [3.63, 3.8) is 0 Å². The minimum absolute atomic E-state index is 0.517. The van der Waals surface area contributed by atoms with Gasteiger partial charge in [-0.05, 0) is 18.2 Å². The quantitative estimate of drug-likeness (QED) is 0.714. The van der Waals surface area contributed by atoms with Crippen molar-refractivity contribution in [1.29, 1.82) is 0 Å². The number of carboxylic acid groups (broad SMARTS) is 1. The molecule has 3 amide bonds. The maximum absolute atomic E-state index is 11.5. The van der Waals surface area contributed by atoms with Gasteiger partial charge in [0.1, 0.15) is 0 Å². The predicted molar refractivity (Wildman–Crippen MR) is 74.7 cm³/mol. The van der Waals surface area contributed by atoms with Crippen LogP contribution in [0.3, 0.4) is 0 Å². The summed E-state index contributed by atoms with van der Waals surface area (Å²) in [4.78, 5) is 34.8. The molecule has 106 valence electrons. The van der Waals surface area contributed by atoms with Gasteiger partial charge in [-0.2, -0.15) is 0 Å². The summed E-state index contributed by atoms with van der Waals surface area (Å²) >= 11 is 0. The summed E-state index contributed by atoms with van der Waals surface area (Å²) in [5, 5.41) is 12.8. The van der Waals surface area contributed by atoms with Crippen molar-refractivity contribution in [3.05, 3.63) is 36.4 Å². The summed E-state index contributed by atoms with van der Waals surface area (Å²) in [6.45, 7) is 0. The normalized spacial score (nSPS) is 10.1. The number of rotatable bonds is 4. The van der Waals surface area contributed by atoms with Crippen molar-refractivity contribution in [1.82, 2.24) is 5.32 Å². The molecule has 0 aromatic heterocycles. The van der Waals surface area contributed by atoms with E-state index >= 15 is 0 Å². The zero-order chi connectivity index (χ0) is 15.1. The van der Waals surface area contributed by atoms with Crippen molar-refractivity contribution in [2.24, 2.45) is 0 Å². The highest BCUT2D eigenvalue weighted by molar-refractivity contribution is 6.06. The van der Waals surface area contributed by atoms with Gasteiger partial charge in [0.15, 0.2) is 0 Å². The number of amides is 3. The minimum atomic E-state index is -1.26. The van der Waals surface area contributed by atoms with Crippen LogP contribution in [0.15, 0.2) is 36.4 Å². The third kappa shape index (κ3) is 5.21. The minimum Gasteiger partial charge on any atom is -0.478 e. The summed E-state index contributed by atoms with van der Waals surface area (Å²) < 4.78 is 0. The van der Waals surface area contributed by atoms with Crippen molar-refractivity contribution in [3.8, 4) is 0 Å². The van der Waals surface area contributed by atoms with Crippen LogP contribution in [0.4, 0.5) is 16.2 Å². The first-order chi connectivity index (χ1) is 9.38. The summed E-state index contributed by atoms with van der Waals surface area (Å²) in [7, 11) is 3.72. The molecule has 0 fully saturated rings. The number of hydrogen-bond donors (Lipinski definition) is 3. The number of carboxylic acids is 1. The highest BCUT2D eigenvalue weighted by Gasteiger charge is 2.06. The third-order valence-electron chi connectivity index (χ3n) is 2.23. The number of benzene rings is 1.